The van der Waals surface area contributed by atoms with Crippen LogP contribution in [0.1, 0.15) is 16.7 Å². The molecule has 0 saturated carbocycles. The van der Waals surface area contributed by atoms with E-state index in [0.717, 1.165) is 27.4 Å². The molecule has 0 aromatic heterocycles. The molecule has 0 aliphatic heterocycles. The number of nitrogens with one attached hydrogen (secondary N) is 3. The van der Waals surface area contributed by atoms with Crippen LogP contribution in [0, 0.1) is 20.8 Å². The van der Waals surface area contributed by atoms with Crippen LogP contribution in [0.25, 0.3) is 0 Å². The van der Waals surface area contributed by atoms with Crippen molar-refractivity contribution in [3.63, 3.8) is 0 Å². The van der Waals surface area contributed by atoms with Crippen molar-refractivity contribution in [3.8, 4) is 0 Å². The number of aryl methyl sites for hydroxylation is 3. The lowest BCUT2D eigenvalue weighted by Crippen LogP contribution is -3.11. The minimum absolute atomic E-state index is 0.108. The number of likely N-dealkylation sites (N-methyl/N-ethyl adjacent to an activating group) is 1. The predicted octanol–water partition coefficient (Wildman–Crippen LogP) is 1.70. The van der Waals surface area contributed by atoms with E-state index in [1.165, 1.54) is 5.56 Å². The second-order valence-corrected chi connectivity index (χ2v) is 6.57. The van der Waals surface area contributed by atoms with Crippen LogP contribution in [0.5, 0.6) is 0 Å². The van der Waals surface area contributed by atoms with Crippen LogP contribution >= 0.6 is 0 Å². The third-order valence-electron chi connectivity index (χ3n) is 4.05. The summed E-state index contributed by atoms with van der Waals surface area (Å²) >= 11 is 0. The highest BCUT2D eigenvalue weighted by Gasteiger charge is 2.14. The maximum absolute atomic E-state index is 12.1. The number of quaternary nitrogens is 1. The van der Waals surface area contributed by atoms with E-state index >= 15 is 0 Å². The highest BCUT2D eigenvalue weighted by Crippen LogP contribution is 2.13. The van der Waals surface area contributed by atoms with Gasteiger partial charge < -0.3 is 15.5 Å². The standard InChI is InChI=1S/C20H25N3O2/c1-14-5-8-17(9-6-14)21-19(24)12-23(4)13-20(25)22-18-10-7-15(2)16(3)11-18/h5-11H,12-13H2,1-4H3,(H,21,24)(H,22,25)/p+1. The molecule has 0 saturated heterocycles. The first kappa shape index (κ1) is 18.7. The Labute approximate surface area is 149 Å². The maximum Gasteiger partial charge on any atom is 0.279 e. The summed E-state index contributed by atoms with van der Waals surface area (Å²) < 4.78 is 0. The Balaban J connectivity index is 1.81. The average Bonchev–Trinajstić information content (AvgIpc) is 2.52. The molecule has 0 bridgehead atoms. The zero-order chi connectivity index (χ0) is 18.4. The van der Waals surface area contributed by atoms with Gasteiger partial charge in [0, 0.05) is 11.4 Å². The molecule has 2 aromatic carbocycles. The number of anilines is 2. The van der Waals surface area contributed by atoms with Crippen molar-refractivity contribution < 1.29 is 14.5 Å². The van der Waals surface area contributed by atoms with Gasteiger partial charge in [0.15, 0.2) is 13.1 Å². The Morgan fingerprint density at radius 3 is 1.88 bits per heavy atom. The van der Waals surface area contributed by atoms with Crippen LogP contribution in [-0.2, 0) is 9.59 Å². The summed E-state index contributed by atoms with van der Waals surface area (Å²) in [7, 11) is 1.83. The first-order valence-corrected chi connectivity index (χ1v) is 8.38. The second kappa shape index (κ2) is 8.44. The highest BCUT2D eigenvalue weighted by atomic mass is 16.2. The summed E-state index contributed by atoms with van der Waals surface area (Å²) in [6.07, 6.45) is 0. The van der Waals surface area contributed by atoms with Gasteiger partial charge in [-0.1, -0.05) is 23.8 Å². The fourth-order valence-electron chi connectivity index (χ4n) is 2.48. The molecule has 2 aromatic rings. The third-order valence-corrected chi connectivity index (χ3v) is 4.05. The number of benzene rings is 2. The Kier molecular flexibility index (Phi) is 6.31. The molecule has 5 heteroatoms. The van der Waals surface area contributed by atoms with Gasteiger partial charge in [-0.05, 0) is 56.2 Å². The number of hydrogen-bond acceptors (Lipinski definition) is 2. The highest BCUT2D eigenvalue weighted by molar-refractivity contribution is 5.93. The Morgan fingerprint density at radius 2 is 1.32 bits per heavy atom. The molecule has 0 aliphatic rings. The molecule has 0 heterocycles. The van der Waals surface area contributed by atoms with Gasteiger partial charge in [-0.15, -0.1) is 0 Å². The molecule has 3 N–H and O–H groups in total. The van der Waals surface area contributed by atoms with Crippen molar-refractivity contribution in [2.45, 2.75) is 20.8 Å². The normalized spacial score (nSPS) is 11.7. The zero-order valence-electron chi connectivity index (χ0n) is 15.3. The maximum atomic E-state index is 12.1. The van der Waals surface area contributed by atoms with Crippen molar-refractivity contribution in [3.05, 3.63) is 59.2 Å². The lowest BCUT2D eigenvalue weighted by molar-refractivity contribution is -0.862. The van der Waals surface area contributed by atoms with Crippen LogP contribution in [0.4, 0.5) is 11.4 Å². The van der Waals surface area contributed by atoms with Gasteiger partial charge in [0.2, 0.25) is 0 Å². The van der Waals surface area contributed by atoms with E-state index in [-0.39, 0.29) is 24.9 Å². The minimum atomic E-state index is -0.111. The molecule has 0 aliphatic carbocycles. The second-order valence-electron chi connectivity index (χ2n) is 6.57. The van der Waals surface area contributed by atoms with Crippen LogP contribution in [0.15, 0.2) is 42.5 Å². The van der Waals surface area contributed by atoms with Crippen molar-refractivity contribution in [2.75, 3.05) is 30.8 Å². The van der Waals surface area contributed by atoms with E-state index < -0.39 is 0 Å². The Bertz CT molecular complexity index is 754. The smallest absolute Gasteiger partial charge is 0.279 e. The molecule has 1 unspecified atom stereocenters. The van der Waals surface area contributed by atoms with E-state index in [0.29, 0.717) is 0 Å². The van der Waals surface area contributed by atoms with Crippen molar-refractivity contribution >= 4 is 23.2 Å². The predicted molar refractivity (Wildman–Crippen MR) is 101 cm³/mol. The Hall–Kier alpha value is -2.66. The van der Waals surface area contributed by atoms with Crippen molar-refractivity contribution in [2.24, 2.45) is 0 Å². The van der Waals surface area contributed by atoms with Crippen molar-refractivity contribution in [1.29, 1.82) is 0 Å². The van der Waals surface area contributed by atoms with Gasteiger partial charge in [0.1, 0.15) is 0 Å². The molecule has 2 amide bonds. The van der Waals surface area contributed by atoms with Gasteiger partial charge >= 0.3 is 0 Å². The van der Waals surface area contributed by atoms with E-state index in [9.17, 15) is 9.59 Å². The summed E-state index contributed by atoms with van der Waals surface area (Å²) in [6, 6.07) is 13.5. The number of carbonyl (C=O) groups is 2. The topological polar surface area (TPSA) is 62.6 Å². The average molecular weight is 340 g/mol. The Morgan fingerprint density at radius 1 is 0.800 bits per heavy atom. The number of amides is 2. The van der Waals surface area contributed by atoms with Gasteiger partial charge in [-0.3, -0.25) is 9.59 Å². The quantitative estimate of drug-likeness (QED) is 0.750. The lowest BCUT2D eigenvalue weighted by Gasteiger charge is -2.14. The molecule has 0 spiro atoms. The van der Waals surface area contributed by atoms with E-state index in [1.807, 2.05) is 70.3 Å². The largest absolute Gasteiger partial charge is 0.322 e. The zero-order valence-corrected chi connectivity index (χ0v) is 15.3. The minimum Gasteiger partial charge on any atom is -0.322 e. The van der Waals surface area contributed by atoms with Gasteiger partial charge in [0.25, 0.3) is 11.8 Å². The summed E-state index contributed by atoms with van der Waals surface area (Å²) in [4.78, 5) is 25.0. The molecular weight excluding hydrogens is 314 g/mol. The first-order valence-electron chi connectivity index (χ1n) is 8.38. The van der Waals surface area contributed by atoms with E-state index in [2.05, 4.69) is 10.6 Å². The molecule has 2 rings (SSSR count). The third kappa shape index (κ3) is 6.04. The van der Waals surface area contributed by atoms with Crippen LogP contribution < -0.4 is 15.5 Å². The first-order chi connectivity index (χ1) is 11.8. The van der Waals surface area contributed by atoms with Crippen LogP contribution in [0.3, 0.4) is 0 Å². The number of hydrogen-bond donors (Lipinski definition) is 3. The van der Waals surface area contributed by atoms with Gasteiger partial charge in [-0.25, -0.2) is 0 Å². The molecular formula is C20H26N3O2+. The molecule has 132 valence electrons. The molecule has 0 radical (unpaired) electrons. The van der Waals surface area contributed by atoms with Gasteiger partial charge in [0.05, 0.1) is 7.05 Å². The summed E-state index contributed by atoms with van der Waals surface area (Å²) in [5, 5.41) is 5.72. The van der Waals surface area contributed by atoms with E-state index in [1.54, 1.807) is 0 Å². The monoisotopic (exact) mass is 340 g/mol. The van der Waals surface area contributed by atoms with Gasteiger partial charge in [-0.2, -0.15) is 0 Å². The van der Waals surface area contributed by atoms with Crippen molar-refractivity contribution in [1.82, 2.24) is 0 Å². The van der Waals surface area contributed by atoms with Crippen LogP contribution in [-0.4, -0.2) is 32.0 Å². The molecule has 25 heavy (non-hydrogen) atoms. The number of rotatable bonds is 6. The fourth-order valence-corrected chi connectivity index (χ4v) is 2.48. The van der Waals surface area contributed by atoms with E-state index in [4.69, 9.17) is 0 Å². The lowest BCUT2D eigenvalue weighted by atomic mass is 10.1. The SMILES string of the molecule is Cc1ccc(NC(=O)C[NH+](C)CC(=O)Nc2ccc(C)c(C)c2)cc1. The molecule has 1 atom stereocenters. The van der Waals surface area contributed by atoms with Crippen LogP contribution in [0.2, 0.25) is 0 Å². The number of carbonyl (C=O) groups excluding carboxylic acids is 2. The molecule has 0 fully saturated rings. The summed E-state index contributed by atoms with van der Waals surface area (Å²) in [5.41, 5.74) is 5.02. The summed E-state index contributed by atoms with van der Waals surface area (Å²) in [5.74, 6) is -0.218. The molecule has 5 nitrogen and oxygen atoms in total. The summed E-state index contributed by atoms with van der Waals surface area (Å²) in [6.45, 7) is 6.50. The fraction of sp³-hybridized carbons (Fsp3) is 0.300.